The SMILES string of the molecule is CC(C)(C)NC(=O)C1=C2C3CCC(C3)C2NN1Cc1ccc(F)cc1. The molecular weight excluding hydrogens is 317 g/mol. The number of carbonyl (C=O) groups is 1. The molecule has 2 bridgehead atoms. The highest BCUT2D eigenvalue weighted by Gasteiger charge is 2.51. The molecule has 2 aliphatic carbocycles. The molecule has 134 valence electrons. The Morgan fingerprint density at radius 1 is 1.28 bits per heavy atom. The summed E-state index contributed by atoms with van der Waals surface area (Å²) < 4.78 is 13.2. The molecule has 1 aromatic rings. The van der Waals surface area contributed by atoms with E-state index in [-0.39, 0.29) is 17.3 Å². The molecule has 3 atom stereocenters. The maximum Gasteiger partial charge on any atom is 0.269 e. The summed E-state index contributed by atoms with van der Waals surface area (Å²) in [6, 6.07) is 6.79. The fourth-order valence-corrected chi connectivity index (χ4v) is 4.56. The molecule has 1 aromatic carbocycles. The Balaban J connectivity index is 1.64. The number of amides is 1. The van der Waals surface area contributed by atoms with Gasteiger partial charge in [0.25, 0.3) is 5.91 Å². The number of hydrazine groups is 1. The topological polar surface area (TPSA) is 44.4 Å². The molecule has 0 radical (unpaired) electrons. The van der Waals surface area contributed by atoms with Gasteiger partial charge in [-0.15, -0.1) is 0 Å². The van der Waals surface area contributed by atoms with Crippen LogP contribution in [0.5, 0.6) is 0 Å². The van der Waals surface area contributed by atoms with Crippen molar-refractivity contribution in [3.8, 4) is 0 Å². The molecule has 25 heavy (non-hydrogen) atoms. The predicted molar refractivity (Wildman–Crippen MR) is 94.6 cm³/mol. The lowest BCUT2D eigenvalue weighted by Crippen LogP contribution is -2.46. The zero-order valence-corrected chi connectivity index (χ0v) is 15.1. The smallest absolute Gasteiger partial charge is 0.269 e. The second-order valence-electron chi connectivity index (χ2n) is 8.60. The minimum absolute atomic E-state index is 0.00726. The lowest BCUT2D eigenvalue weighted by atomic mass is 9.89. The third-order valence-electron chi connectivity index (χ3n) is 5.52. The number of rotatable bonds is 3. The zero-order chi connectivity index (χ0) is 17.8. The van der Waals surface area contributed by atoms with Gasteiger partial charge in [-0.05, 0) is 75.1 Å². The molecule has 1 heterocycles. The molecule has 0 spiro atoms. The van der Waals surface area contributed by atoms with Crippen molar-refractivity contribution in [3.63, 3.8) is 0 Å². The molecular formula is C20H26FN3O. The van der Waals surface area contributed by atoms with Crippen LogP contribution < -0.4 is 10.7 Å². The maximum absolute atomic E-state index is 13.2. The molecule has 3 unspecified atom stereocenters. The Labute approximate surface area is 148 Å². The van der Waals surface area contributed by atoms with Crippen LogP contribution in [0.3, 0.4) is 0 Å². The fraction of sp³-hybridized carbons (Fsp3) is 0.550. The van der Waals surface area contributed by atoms with Crippen LogP contribution in [0.2, 0.25) is 0 Å². The molecule has 4 nitrogen and oxygen atoms in total. The summed E-state index contributed by atoms with van der Waals surface area (Å²) in [7, 11) is 0. The second kappa shape index (κ2) is 5.84. The highest BCUT2D eigenvalue weighted by atomic mass is 19.1. The van der Waals surface area contributed by atoms with Crippen LogP contribution >= 0.6 is 0 Å². The first-order valence-electron chi connectivity index (χ1n) is 9.16. The average molecular weight is 343 g/mol. The number of nitrogens with zero attached hydrogens (tertiary/aromatic N) is 1. The summed E-state index contributed by atoms with van der Waals surface area (Å²) in [5.41, 5.74) is 6.36. The first kappa shape index (κ1) is 16.6. The molecule has 2 saturated carbocycles. The standard InChI is InChI=1S/C20H26FN3O/c1-20(2,3)22-19(25)18-16-13-6-7-14(10-13)17(16)23-24(18)11-12-4-8-15(21)9-5-12/h4-5,8-9,13-14,17,23H,6-7,10-11H2,1-3H3,(H,22,25). The molecule has 2 N–H and O–H groups in total. The van der Waals surface area contributed by atoms with Gasteiger partial charge in [-0.3, -0.25) is 9.80 Å². The maximum atomic E-state index is 13.2. The van der Waals surface area contributed by atoms with Crippen LogP contribution in [-0.2, 0) is 11.3 Å². The van der Waals surface area contributed by atoms with E-state index in [4.69, 9.17) is 0 Å². The second-order valence-corrected chi connectivity index (χ2v) is 8.60. The van der Waals surface area contributed by atoms with Gasteiger partial charge in [0.05, 0.1) is 12.6 Å². The Morgan fingerprint density at radius 3 is 2.68 bits per heavy atom. The normalized spacial score (nSPS) is 27.8. The largest absolute Gasteiger partial charge is 0.346 e. The Bertz CT molecular complexity index is 719. The molecule has 4 rings (SSSR count). The van der Waals surface area contributed by atoms with Gasteiger partial charge in [-0.25, -0.2) is 9.82 Å². The number of benzene rings is 1. The van der Waals surface area contributed by atoms with Gasteiger partial charge in [0.1, 0.15) is 11.5 Å². The average Bonchev–Trinajstić information content (AvgIpc) is 3.19. The van der Waals surface area contributed by atoms with Crippen molar-refractivity contribution >= 4 is 5.91 Å². The third-order valence-corrected chi connectivity index (χ3v) is 5.52. The zero-order valence-electron chi connectivity index (χ0n) is 15.1. The van der Waals surface area contributed by atoms with Gasteiger partial charge in [0.15, 0.2) is 0 Å². The number of carbonyl (C=O) groups excluding carboxylic acids is 1. The summed E-state index contributed by atoms with van der Waals surface area (Å²) in [6.45, 7) is 6.57. The van der Waals surface area contributed by atoms with Crippen molar-refractivity contribution < 1.29 is 9.18 Å². The molecule has 5 heteroatoms. The van der Waals surface area contributed by atoms with Crippen LogP contribution in [0.25, 0.3) is 0 Å². The monoisotopic (exact) mass is 343 g/mol. The van der Waals surface area contributed by atoms with Crippen LogP contribution in [0.1, 0.15) is 45.6 Å². The lowest BCUT2D eigenvalue weighted by Gasteiger charge is -2.27. The summed E-state index contributed by atoms with van der Waals surface area (Å²) in [5.74, 6) is 0.918. The number of hydrogen-bond acceptors (Lipinski definition) is 3. The molecule has 1 amide bonds. The van der Waals surface area contributed by atoms with Crippen molar-refractivity contribution in [1.29, 1.82) is 0 Å². The predicted octanol–water partition coefficient (Wildman–Crippen LogP) is 3.11. The van der Waals surface area contributed by atoms with Gasteiger partial charge in [0, 0.05) is 5.54 Å². The number of nitrogens with one attached hydrogen (secondary N) is 2. The highest BCUT2D eigenvalue weighted by Crippen LogP contribution is 2.52. The van der Waals surface area contributed by atoms with Gasteiger partial charge in [-0.2, -0.15) is 0 Å². The molecule has 1 aliphatic heterocycles. The molecule has 0 aromatic heterocycles. The van der Waals surface area contributed by atoms with Gasteiger partial charge >= 0.3 is 0 Å². The van der Waals surface area contributed by atoms with E-state index in [1.54, 1.807) is 12.1 Å². The van der Waals surface area contributed by atoms with Crippen molar-refractivity contribution in [3.05, 3.63) is 46.9 Å². The summed E-state index contributed by atoms with van der Waals surface area (Å²) in [4.78, 5) is 13.0. The highest BCUT2D eigenvalue weighted by molar-refractivity contribution is 5.95. The van der Waals surface area contributed by atoms with E-state index in [9.17, 15) is 9.18 Å². The summed E-state index contributed by atoms with van der Waals surface area (Å²) in [6.07, 6.45) is 3.63. The van der Waals surface area contributed by atoms with E-state index in [2.05, 4.69) is 10.7 Å². The number of hydrogen-bond donors (Lipinski definition) is 2. The van der Waals surface area contributed by atoms with Crippen LogP contribution in [0, 0.1) is 17.7 Å². The Kier molecular flexibility index (Phi) is 3.87. The minimum atomic E-state index is -0.276. The Morgan fingerprint density at radius 2 is 2.00 bits per heavy atom. The van der Waals surface area contributed by atoms with Gasteiger partial charge in [0.2, 0.25) is 0 Å². The van der Waals surface area contributed by atoms with Crippen molar-refractivity contribution in [2.24, 2.45) is 11.8 Å². The van der Waals surface area contributed by atoms with Crippen LogP contribution in [0.4, 0.5) is 4.39 Å². The van der Waals surface area contributed by atoms with E-state index < -0.39 is 0 Å². The quantitative estimate of drug-likeness (QED) is 0.886. The number of halogens is 1. The van der Waals surface area contributed by atoms with Gasteiger partial charge in [-0.1, -0.05) is 12.1 Å². The summed E-state index contributed by atoms with van der Waals surface area (Å²) in [5, 5.41) is 5.10. The molecule has 3 aliphatic rings. The fourth-order valence-electron chi connectivity index (χ4n) is 4.56. The van der Waals surface area contributed by atoms with E-state index >= 15 is 0 Å². The van der Waals surface area contributed by atoms with Crippen molar-refractivity contribution in [2.75, 3.05) is 0 Å². The minimum Gasteiger partial charge on any atom is -0.346 e. The summed E-state index contributed by atoms with van der Waals surface area (Å²) >= 11 is 0. The third kappa shape index (κ3) is 3.06. The Hall–Kier alpha value is -1.88. The van der Waals surface area contributed by atoms with E-state index in [0.29, 0.717) is 24.4 Å². The molecule has 0 saturated heterocycles. The number of fused-ring (bicyclic) bond motifs is 5. The molecule has 2 fully saturated rings. The van der Waals surface area contributed by atoms with E-state index in [1.807, 2.05) is 25.8 Å². The van der Waals surface area contributed by atoms with Crippen molar-refractivity contribution in [2.45, 2.75) is 58.2 Å². The van der Waals surface area contributed by atoms with Gasteiger partial charge < -0.3 is 5.32 Å². The van der Waals surface area contributed by atoms with Crippen LogP contribution in [0.15, 0.2) is 35.5 Å². The first-order chi connectivity index (χ1) is 11.8. The van der Waals surface area contributed by atoms with E-state index in [0.717, 1.165) is 11.3 Å². The van der Waals surface area contributed by atoms with Crippen molar-refractivity contribution in [1.82, 2.24) is 15.8 Å². The lowest BCUT2D eigenvalue weighted by molar-refractivity contribution is -0.120. The van der Waals surface area contributed by atoms with E-state index in [1.165, 1.54) is 37.0 Å². The first-order valence-corrected chi connectivity index (χ1v) is 9.16. The van der Waals surface area contributed by atoms with Crippen LogP contribution in [-0.4, -0.2) is 22.5 Å².